The molecule has 0 bridgehead atoms. The third-order valence-electron chi connectivity index (χ3n) is 11.5. The molecule has 2 amide bonds. The summed E-state index contributed by atoms with van der Waals surface area (Å²) >= 11 is 21.3. The first-order valence-electron chi connectivity index (χ1n) is 22.4. The average molecular weight is 1170 g/mol. The molecule has 0 radical (unpaired) electrons. The van der Waals surface area contributed by atoms with Crippen molar-refractivity contribution in [2.45, 2.75) is 63.9 Å². The summed E-state index contributed by atoms with van der Waals surface area (Å²) in [6.45, 7) is 10.6. The van der Waals surface area contributed by atoms with E-state index >= 15 is 0 Å². The number of aromatic nitrogens is 5. The minimum Gasteiger partial charge on any atom is -0.384 e. The van der Waals surface area contributed by atoms with Gasteiger partial charge in [-0.2, -0.15) is 0 Å². The molecule has 0 fully saturated rings. The summed E-state index contributed by atoms with van der Waals surface area (Å²) in [7, 11) is -3.70. The molecule has 0 spiro atoms. The number of halogens is 4. The Balaban J connectivity index is 0.000000184. The fraction of sp³-hybridized carbons (Fsp3) is 0.235. The number of nitrogens with one attached hydrogen (secondary N) is 2. The molecule has 17 nitrogen and oxygen atoms in total. The number of hydrogen-bond acceptors (Lipinski definition) is 15. The number of nitrogens with zero attached hydrogens (tertiary/aromatic N) is 7. The topological polar surface area (TPSA) is 249 Å². The number of sulfone groups is 2. The van der Waals surface area contributed by atoms with Gasteiger partial charge < -0.3 is 31.9 Å². The maximum Gasteiger partial charge on any atom is 0.257 e. The van der Waals surface area contributed by atoms with Crippen LogP contribution in [0.3, 0.4) is 0 Å². The highest BCUT2D eigenvalue weighted by Crippen LogP contribution is 2.36. The minimum absolute atomic E-state index is 0.0375. The zero-order chi connectivity index (χ0) is 54.6. The first-order valence-corrected chi connectivity index (χ1v) is 28.1. The number of carbonyl (C=O) groups is 2. The SMILES string of the molecule is CN1Cc2nc(Cl)cc(Nc3ccc(Cl)cc3S(C)(=O)=O)c2C1=O.Cc1ccc(Cc2cc(Nc3ccc(Cl)cc3S(C)(=O)=O)c3c(n2)CN(C)C3=O)nc1C.Cc1ccc(N)nc1C.Cc1nc(N)ccc1Br. The number of aryl methyl sites for hydroxylation is 5. The van der Waals surface area contributed by atoms with Crippen LogP contribution < -0.4 is 22.1 Å². The van der Waals surface area contributed by atoms with Gasteiger partial charge in [-0.05, 0) is 134 Å². The molecule has 5 aromatic heterocycles. The Morgan fingerprint density at radius 2 is 1.00 bits per heavy atom. The van der Waals surface area contributed by atoms with Gasteiger partial charge in [-0.3, -0.25) is 19.6 Å². The quantitative estimate of drug-likeness (QED) is 0.103. The Morgan fingerprint density at radius 3 is 1.45 bits per heavy atom. The number of carbonyl (C=O) groups excluding carboxylic acids is 2. The van der Waals surface area contributed by atoms with Crippen molar-refractivity contribution < 1.29 is 26.4 Å². The summed E-state index contributed by atoms with van der Waals surface area (Å²) < 4.78 is 49.6. The molecule has 7 aromatic rings. The molecule has 74 heavy (non-hydrogen) atoms. The highest BCUT2D eigenvalue weighted by Gasteiger charge is 2.32. The van der Waals surface area contributed by atoms with E-state index in [-0.39, 0.29) is 26.8 Å². The molecule has 0 atom stereocenters. The molecule has 6 N–H and O–H groups in total. The predicted octanol–water partition coefficient (Wildman–Crippen LogP) is 10.2. The minimum atomic E-state index is -3.55. The van der Waals surface area contributed by atoms with Crippen molar-refractivity contribution in [2.75, 3.05) is 48.7 Å². The van der Waals surface area contributed by atoms with Crippen LogP contribution in [0.15, 0.2) is 99.2 Å². The number of benzene rings is 2. The molecule has 0 saturated heterocycles. The maximum atomic E-state index is 12.8. The Morgan fingerprint density at radius 1 is 0.554 bits per heavy atom. The maximum absolute atomic E-state index is 12.8. The lowest BCUT2D eigenvalue weighted by atomic mass is 10.1. The van der Waals surface area contributed by atoms with Crippen molar-refractivity contribution in [3.05, 3.63) is 167 Å². The largest absolute Gasteiger partial charge is 0.384 e. The van der Waals surface area contributed by atoms with E-state index in [2.05, 4.69) is 46.5 Å². The smallest absolute Gasteiger partial charge is 0.257 e. The molecule has 9 rings (SSSR count). The molecular formula is C51H53BrCl3N11O6S2. The normalized spacial score (nSPS) is 12.7. The summed E-state index contributed by atoms with van der Waals surface area (Å²) in [6.07, 6.45) is 2.70. The number of anilines is 6. The van der Waals surface area contributed by atoms with E-state index in [1.54, 1.807) is 55.4 Å². The van der Waals surface area contributed by atoms with Gasteiger partial charge in [-0.1, -0.05) is 46.9 Å². The van der Waals surface area contributed by atoms with Crippen molar-refractivity contribution in [2.24, 2.45) is 0 Å². The monoisotopic (exact) mass is 1160 g/mol. The predicted molar refractivity (Wildman–Crippen MR) is 296 cm³/mol. The van der Waals surface area contributed by atoms with Crippen LogP contribution in [0.25, 0.3) is 0 Å². The highest BCUT2D eigenvalue weighted by molar-refractivity contribution is 9.10. The molecule has 0 unspecified atom stereocenters. The van der Waals surface area contributed by atoms with Crippen LogP contribution >= 0.6 is 50.7 Å². The van der Waals surface area contributed by atoms with Crippen LogP contribution in [-0.4, -0.2) is 90.0 Å². The van der Waals surface area contributed by atoms with Gasteiger partial charge in [0.2, 0.25) is 0 Å². The summed E-state index contributed by atoms with van der Waals surface area (Å²) in [5.74, 6) is 0.793. The van der Waals surface area contributed by atoms with Gasteiger partial charge >= 0.3 is 0 Å². The van der Waals surface area contributed by atoms with Crippen LogP contribution in [0.2, 0.25) is 15.2 Å². The molecule has 2 aliphatic heterocycles. The highest BCUT2D eigenvalue weighted by atomic mass is 79.9. The fourth-order valence-corrected chi connectivity index (χ4v) is 10.1. The van der Waals surface area contributed by atoms with Gasteiger partial charge in [0, 0.05) is 70.3 Å². The number of nitrogen functional groups attached to an aromatic ring is 2. The number of amides is 2. The Kier molecular flexibility index (Phi) is 18.0. The zero-order valence-corrected chi connectivity index (χ0v) is 47.3. The van der Waals surface area contributed by atoms with Gasteiger partial charge in [0.15, 0.2) is 19.7 Å². The molecule has 0 aliphatic carbocycles. The Hall–Kier alpha value is -6.42. The van der Waals surface area contributed by atoms with E-state index in [0.717, 1.165) is 51.0 Å². The molecule has 2 aliphatic rings. The number of hydrogen-bond donors (Lipinski definition) is 4. The Bertz CT molecular complexity index is 3520. The fourth-order valence-electron chi connectivity index (χ4n) is 7.47. The van der Waals surface area contributed by atoms with E-state index in [1.807, 2.05) is 65.0 Å². The zero-order valence-electron chi connectivity index (χ0n) is 41.8. The number of pyridine rings is 5. The summed E-state index contributed by atoms with van der Waals surface area (Å²) in [6, 6.07) is 23.8. The summed E-state index contributed by atoms with van der Waals surface area (Å²) in [5.41, 5.74) is 21.2. The van der Waals surface area contributed by atoms with E-state index in [9.17, 15) is 26.4 Å². The van der Waals surface area contributed by atoms with Gasteiger partial charge in [-0.25, -0.2) is 31.8 Å². The first-order chi connectivity index (χ1) is 34.6. The van der Waals surface area contributed by atoms with Gasteiger partial charge in [0.05, 0.1) is 73.8 Å². The van der Waals surface area contributed by atoms with Crippen molar-refractivity contribution in [3.63, 3.8) is 0 Å². The van der Waals surface area contributed by atoms with Crippen LogP contribution in [0.1, 0.15) is 71.7 Å². The Labute approximate surface area is 454 Å². The van der Waals surface area contributed by atoms with E-state index < -0.39 is 19.7 Å². The third kappa shape index (κ3) is 14.2. The summed E-state index contributed by atoms with van der Waals surface area (Å²) in [5, 5.41) is 6.98. The molecule has 2 aromatic carbocycles. The second-order valence-corrected chi connectivity index (χ2v) is 23.6. The van der Waals surface area contributed by atoms with Crippen LogP contribution in [0, 0.1) is 34.6 Å². The number of rotatable bonds is 8. The van der Waals surface area contributed by atoms with Crippen LogP contribution in [-0.2, 0) is 39.2 Å². The van der Waals surface area contributed by atoms with Crippen molar-refractivity contribution in [1.29, 1.82) is 0 Å². The van der Waals surface area contributed by atoms with Crippen molar-refractivity contribution in [3.8, 4) is 0 Å². The van der Waals surface area contributed by atoms with Gasteiger partial charge in [-0.15, -0.1) is 0 Å². The number of fused-ring (bicyclic) bond motifs is 2. The lowest BCUT2D eigenvalue weighted by Crippen LogP contribution is -2.18. The van der Waals surface area contributed by atoms with Crippen LogP contribution in [0.4, 0.5) is 34.4 Å². The first kappa shape index (κ1) is 56.9. The van der Waals surface area contributed by atoms with E-state index in [4.69, 9.17) is 51.3 Å². The second kappa shape index (κ2) is 23.4. The number of nitrogens with two attached hydrogens (primary N) is 2. The molecule has 0 saturated carbocycles. The average Bonchev–Trinajstić information content (AvgIpc) is 3.77. The van der Waals surface area contributed by atoms with E-state index in [0.29, 0.717) is 86.5 Å². The molecular weight excluding hydrogens is 1110 g/mol. The lowest BCUT2D eigenvalue weighted by Gasteiger charge is -2.15. The van der Waals surface area contributed by atoms with Crippen molar-refractivity contribution >= 4 is 117 Å². The second-order valence-electron chi connectivity index (χ2n) is 17.5. The molecule has 388 valence electrons. The van der Waals surface area contributed by atoms with E-state index in [1.165, 1.54) is 28.7 Å². The van der Waals surface area contributed by atoms with Crippen molar-refractivity contribution in [1.82, 2.24) is 34.7 Å². The lowest BCUT2D eigenvalue weighted by molar-refractivity contribution is 0.0809. The van der Waals surface area contributed by atoms with Gasteiger partial charge in [0.25, 0.3) is 11.8 Å². The van der Waals surface area contributed by atoms with Crippen LogP contribution in [0.5, 0.6) is 0 Å². The van der Waals surface area contributed by atoms with Gasteiger partial charge in [0.1, 0.15) is 16.8 Å². The third-order valence-corrected chi connectivity index (χ3v) is 15.3. The molecule has 23 heteroatoms. The standard InChI is InChI=1S/C23H23ClN4O3S.C15H13Cl2N3O3S.C7H10N2.C6H7BrN2/c1-13-5-7-16(25-14(13)2)10-17-11-19(22-20(26-17)12-28(3)23(22)29)27-18-8-6-15(24)9-21(18)32(4,30)31;1-20-7-11-14(15(20)21)10(6-13(17)19-11)18-9-4-3-8(16)5-12(9)24(2,22)23;1-5-3-4-7(8)9-6(5)2;1-4-5(7)2-3-6(8)9-4/h5-9,11H,10,12H2,1-4H3,(H,26,27);3-6H,7H2,1-2H3,(H,18,19);3-4H,1-2H3,(H2,8,9);2-3H,1H3,(H2,8,9). The molecule has 7 heterocycles. The summed E-state index contributed by atoms with van der Waals surface area (Å²) in [4.78, 5) is 49.9.